The van der Waals surface area contributed by atoms with Crippen molar-refractivity contribution in [3.63, 3.8) is 0 Å². The first-order valence-electron chi connectivity index (χ1n) is 18.0. The fraction of sp³-hybridized carbons (Fsp3) is 0.692. The van der Waals surface area contributed by atoms with Gasteiger partial charge in [-0.3, -0.25) is 0 Å². The fourth-order valence-electron chi connectivity index (χ4n) is 5.66. The van der Waals surface area contributed by atoms with Crippen molar-refractivity contribution in [2.24, 2.45) is 10.8 Å². The van der Waals surface area contributed by atoms with Gasteiger partial charge in [-0.1, -0.05) is 143 Å². The van der Waals surface area contributed by atoms with Gasteiger partial charge in [0.25, 0.3) is 20.2 Å². The Morgan fingerprint density at radius 3 is 1.00 bits per heavy atom. The van der Waals surface area contributed by atoms with Crippen molar-refractivity contribution in [2.75, 3.05) is 6.79 Å². The van der Waals surface area contributed by atoms with Crippen LogP contribution in [-0.2, 0) is 41.4 Å². The molecule has 0 saturated carbocycles. The van der Waals surface area contributed by atoms with Crippen LogP contribution in [0.4, 0.5) is 0 Å². The van der Waals surface area contributed by atoms with Crippen molar-refractivity contribution >= 4 is 20.2 Å². The summed E-state index contributed by atoms with van der Waals surface area (Å²) >= 11 is 0. The van der Waals surface area contributed by atoms with E-state index in [1.165, 1.54) is 101 Å². The lowest BCUT2D eigenvalue weighted by Gasteiger charge is -2.17. The molecule has 268 valence electrons. The van der Waals surface area contributed by atoms with Crippen molar-refractivity contribution in [1.82, 2.24) is 0 Å². The molecule has 0 aromatic heterocycles. The first kappa shape index (κ1) is 41.4. The van der Waals surface area contributed by atoms with Crippen LogP contribution in [0.5, 0.6) is 0 Å². The lowest BCUT2D eigenvalue weighted by atomic mass is 9.89. The van der Waals surface area contributed by atoms with Crippen molar-refractivity contribution in [2.45, 2.75) is 167 Å². The molecule has 0 bridgehead atoms. The molecule has 6 nitrogen and oxygen atoms in total. The van der Waals surface area contributed by atoms with Crippen molar-refractivity contribution < 1.29 is 25.2 Å². The van der Waals surface area contributed by atoms with E-state index >= 15 is 0 Å². The summed E-state index contributed by atoms with van der Waals surface area (Å²) in [6.45, 7) is 12.9. The van der Waals surface area contributed by atoms with Gasteiger partial charge in [0.05, 0.1) is 9.79 Å². The maximum Gasteiger partial charge on any atom is 0.299 e. The van der Waals surface area contributed by atoms with Gasteiger partial charge in [-0.2, -0.15) is 16.8 Å². The van der Waals surface area contributed by atoms with E-state index in [4.69, 9.17) is 8.37 Å². The lowest BCUT2D eigenvalue weighted by Crippen LogP contribution is -2.14. The Morgan fingerprint density at radius 2 is 0.702 bits per heavy atom. The van der Waals surface area contributed by atoms with Gasteiger partial charge in [0, 0.05) is 0 Å². The van der Waals surface area contributed by atoms with E-state index in [0.29, 0.717) is 10.8 Å². The summed E-state index contributed by atoms with van der Waals surface area (Å²) in [5.41, 5.74) is 2.98. The second-order valence-corrected chi connectivity index (χ2v) is 18.9. The summed E-state index contributed by atoms with van der Waals surface area (Å²) in [6.07, 6.45) is 21.6. The van der Waals surface area contributed by atoms with Crippen LogP contribution in [0.15, 0.2) is 58.3 Å². The van der Waals surface area contributed by atoms with E-state index in [1.54, 1.807) is 24.3 Å². The van der Waals surface area contributed by atoms with Crippen LogP contribution >= 0.6 is 0 Å². The molecule has 0 N–H and O–H groups in total. The molecule has 47 heavy (non-hydrogen) atoms. The minimum absolute atomic E-state index is 0.0256. The molecule has 0 aliphatic rings. The Hall–Kier alpha value is -1.74. The third kappa shape index (κ3) is 19.1. The Bertz CT molecular complexity index is 1230. The number of aryl methyl sites for hydroxylation is 2. The SMILES string of the molecule is CC(C)(C)CCCCCCCCCc1ccc(S(=O)(=O)OCOS(=O)(=O)c2ccc(CCCCCCCCCC(C)(C)C)cc2)cc1. The van der Waals surface area contributed by atoms with Crippen LogP contribution in [-0.4, -0.2) is 23.6 Å². The molecule has 2 aromatic carbocycles. The fourth-order valence-corrected chi connectivity index (χ4v) is 7.29. The van der Waals surface area contributed by atoms with E-state index < -0.39 is 27.0 Å². The zero-order valence-corrected chi connectivity index (χ0v) is 32.0. The summed E-state index contributed by atoms with van der Waals surface area (Å²) in [5.74, 6) is 0. The van der Waals surface area contributed by atoms with E-state index in [2.05, 4.69) is 41.5 Å². The number of unbranched alkanes of at least 4 members (excludes halogenated alkanes) is 12. The monoisotopic (exact) mass is 692 g/mol. The van der Waals surface area contributed by atoms with Crippen molar-refractivity contribution in [3.8, 4) is 0 Å². The molecule has 0 aliphatic heterocycles. The van der Waals surface area contributed by atoms with Crippen molar-refractivity contribution in [3.05, 3.63) is 59.7 Å². The smallest absolute Gasteiger partial charge is 0.236 e. The highest BCUT2D eigenvalue weighted by Crippen LogP contribution is 2.24. The van der Waals surface area contributed by atoms with Gasteiger partial charge in [0.15, 0.2) is 6.79 Å². The van der Waals surface area contributed by atoms with Crippen LogP contribution in [0, 0.1) is 10.8 Å². The van der Waals surface area contributed by atoms with E-state index in [0.717, 1.165) is 49.7 Å². The molecule has 0 spiro atoms. The van der Waals surface area contributed by atoms with Crippen molar-refractivity contribution in [1.29, 1.82) is 0 Å². The molecular weight excluding hydrogens is 629 g/mol. The average molecular weight is 693 g/mol. The van der Waals surface area contributed by atoms with Crippen LogP contribution in [0.25, 0.3) is 0 Å². The third-order valence-electron chi connectivity index (χ3n) is 8.62. The van der Waals surface area contributed by atoms with Gasteiger partial charge in [-0.15, -0.1) is 0 Å². The van der Waals surface area contributed by atoms with Crippen LogP contribution in [0.2, 0.25) is 0 Å². The first-order chi connectivity index (χ1) is 22.1. The summed E-state index contributed by atoms with van der Waals surface area (Å²) < 4.78 is 60.3. The highest BCUT2D eigenvalue weighted by atomic mass is 32.2. The Balaban J connectivity index is 1.64. The summed E-state index contributed by atoms with van der Waals surface area (Å²) in [5, 5.41) is 0. The lowest BCUT2D eigenvalue weighted by molar-refractivity contribution is 0.132. The topological polar surface area (TPSA) is 86.7 Å². The number of benzene rings is 2. The number of hydrogen-bond donors (Lipinski definition) is 0. The number of hydrogen-bond acceptors (Lipinski definition) is 6. The molecule has 2 aromatic rings. The summed E-state index contributed by atoms with van der Waals surface area (Å²) in [4.78, 5) is -0.0511. The highest BCUT2D eigenvalue weighted by Gasteiger charge is 2.20. The standard InChI is InChI=1S/C39H64O6S2/c1-38(2,3)31-19-15-11-7-9-13-17-21-34-23-27-36(28-24-34)46(40,41)44-33-45-47(42,43)37-29-25-35(26-30-37)22-18-14-10-8-12-16-20-32-39(4,5)6/h23-30H,7-22,31-33H2,1-6H3. The van der Waals surface area contributed by atoms with Gasteiger partial charge >= 0.3 is 0 Å². The highest BCUT2D eigenvalue weighted by molar-refractivity contribution is 7.87. The maximum absolute atomic E-state index is 12.6. The summed E-state index contributed by atoms with van der Waals surface area (Å²) in [6, 6.07) is 13.2. The van der Waals surface area contributed by atoms with Gasteiger partial charge < -0.3 is 0 Å². The number of rotatable bonds is 24. The van der Waals surface area contributed by atoms with E-state index in [-0.39, 0.29) is 9.79 Å². The first-order valence-corrected chi connectivity index (χ1v) is 20.9. The molecule has 0 radical (unpaired) electrons. The predicted molar refractivity (Wildman–Crippen MR) is 194 cm³/mol. The third-order valence-corrected chi connectivity index (χ3v) is 11.1. The molecule has 0 fully saturated rings. The van der Waals surface area contributed by atoms with Gasteiger partial charge in [-0.05, 0) is 84.7 Å². The zero-order valence-electron chi connectivity index (χ0n) is 30.3. The van der Waals surface area contributed by atoms with E-state index in [9.17, 15) is 16.8 Å². The molecule has 8 heteroatoms. The normalized spacial score (nSPS) is 12.9. The molecule has 0 unspecified atom stereocenters. The Labute approximate surface area is 288 Å². The van der Waals surface area contributed by atoms with Gasteiger partial charge in [0.1, 0.15) is 0 Å². The summed E-state index contributed by atoms with van der Waals surface area (Å²) in [7, 11) is -8.31. The second-order valence-electron chi connectivity index (χ2n) is 15.6. The average Bonchev–Trinajstić information content (AvgIpc) is 2.98. The molecule has 0 aliphatic carbocycles. The molecule has 0 atom stereocenters. The molecule has 0 heterocycles. The second kappa shape index (κ2) is 20.7. The molecule has 0 saturated heterocycles. The minimum atomic E-state index is -4.16. The molecule has 0 amide bonds. The van der Waals surface area contributed by atoms with Gasteiger partial charge in [-0.25, -0.2) is 8.37 Å². The maximum atomic E-state index is 12.6. The van der Waals surface area contributed by atoms with E-state index in [1.807, 2.05) is 0 Å². The predicted octanol–water partition coefficient (Wildman–Crippen LogP) is 11.2. The minimum Gasteiger partial charge on any atom is -0.236 e. The molecule has 2 rings (SSSR count). The van der Waals surface area contributed by atoms with Crippen LogP contribution < -0.4 is 0 Å². The molecular formula is C39H64O6S2. The largest absolute Gasteiger partial charge is 0.299 e. The Kier molecular flexibility index (Phi) is 18.2. The quantitative estimate of drug-likeness (QED) is 0.0618. The Morgan fingerprint density at radius 1 is 0.426 bits per heavy atom. The van der Waals surface area contributed by atoms with Gasteiger partial charge in [0.2, 0.25) is 0 Å². The van der Waals surface area contributed by atoms with Crippen LogP contribution in [0.3, 0.4) is 0 Å². The van der Waals surface area contributed by atoms with Crippen LogP contribution in [0.1, 0.15) is 155 Å². The zero-order chi connectivity index (χ0) is 34.8.